The molecule has 3 heterocycles. The van der Waals surface area contributed by atoms with E-state index in [1.165, 1.54) is 16.2 Å². The molecule has 1 amide bonds. The minimum Gasteiger partial charge on any atom is -0.343 e. The number of amides is 1. The molecule has 0 saturated carbocycles. The fraction of sp³-hybridized carbons (Fsp3) is 0.176. The number of anilines is 1. The predicted molar refractivity (Wildman–Crippen MR) is 101 cm³/mol. The first kappa shape index (κ1) is 16.5. The smallest absolute Gasteiger partial charge is 0.284 e. The Hall–Kier alpha value is -1.93. The molecule has 128 valence electrons. The van der Waals surface area contributed by atoms with E-state index in [-0.39, 0.29) is 0 Å². The van der Waals surface area contributed by atoms with Crippen LogP contribution in [-0.2, 0) is 13.0 Å². The Bertz CT molecular complexity index is 938. The molecule has 3 aromatic rings. The van der Waals surface area contributed by atoms with Gasteiger partial charge in [0.1, 0.15) is 0 Å². The molecule has 25 heavy (non-hydrogen) atoms. The van der Waals surface area contributed by atoms with Crippen LogP contribution in [0.25, 0.3) is 10.4 Å². The Kier molecular flexibility index (Phi) is 4.47. The fourth-order valence-corrected chi connectivity index (χ4v) is 5.03. The fourth-order valence-electron chi connectivity index (χ4n) is 2.85. The normalized spacial score (nSPS) is 13.6. The van der Waals surface area contributed by atoms with Crippen molar-refractivity contribution in [1.82, 2.24) is 10.5 Å². The number of halogens is 1. The summed E-state index contributed by atoms with van der Waals surface area (Å²) in [6.07, 6.45) is 2.74. The van der Waals surface area contributed by atoms with E-state index in [4.69, 9.17) is 16.8 Å². The molecule has 1 aliphatic heterocycles. The summed E-state index contributed by atoms with van der Waals surface area (Å²) in [5.41, 5.74) is 3.88. The average Bonchev–Trinajstić information content (AvgIpc) is 3.27. The lowest BCUT2D eigenvalue weighted by Crippen LogP contribution is -2.29. The number of nitrogens with zero attached hydrogens (tertiary/aromatic N) is 2. The van der Waals surface area contributed by atoms with Gasteiger partial charge in [-0.25, -0.2) is 10.5 Å². The van der Waals surface area contributed by atoms with Gasteiger partial charge in [-0.3, -0.25) is 10.0 Å². The van der Waals surface area contributed by atoms with Crippen molar-refractivity contribution >= 4 is 45.3 Å². The Balaban J connectivity index is 1.56. The second-order valence-electron chi connectivity index (χ2n) is 5.69. The van der Waals surface area contributed by atoms with Crippen LogP contribution in [0.3, 0.4) is 0 Å². The molecule has 8 heteroatoms. The molecule has 0 aliphatic carbocycles. The minimum atomic E-state index is -0.455. The molecular weight excluding hydrogens is 378 g/mol. The third-order valence-electron chi connectivity index (χ3n) is 4.07. The van der Waals surface area contributed by atoms with Crippen molar-refractivity contribution in [2.45, 2.75) is 13.0 Å². The summed E-state index contributed by atoms with van der Waals surface area (Å²) in [7, 11) is 0. The summed E-state index contributed by atoms with van der Waals surface area (Å²) in [4.78, 5) is 21.2. The van der Waals surface area contributed by atoms with Crippen LogP contribution in [0, 0.1) is 0 Å². The van der Waals surface area contributed by atoms with Crippen LogP contribution in [0.4, 0.5) is 5.13 Å². The third kappa shape index (κ3) is 3.28. The number of rotatable bonds is 3. The van der Waals surface area contributed by atoms with Crippen molar-refractivity contribution < 1.29 is 10.0 Å². The van der Waals surface area contributed by atoms with Crippen LogP contribution in [0.5, 0.6) is 0 Å². The summed E-state index contributed by atoms with van der Waals surface area (Å²) in [6, 6.07) is 9.60. The molecule has 4 rings (SSSR count). The van der Waals surface area contributed by atoms with E-state index < -0.39 is 5.91 Å². The Labute approximate surface area is 157 Å². The molecule has 5 nitrogen and oxygen atoms in total. The summed E-state index contributed by atoms with van der Waals surface area (Å²) >= 11 is 9.14. The highest BCUT2D eigenvalue weighted by Crippen LogP contribution is 2.36. The van der Waals surface area contributed by atoms with Gasteiger partial charge in [0, 0.05) is 29.2 Å². The van der Waals surface area contributed by atoms with Crippen molar-refractivity contribution in [3.8, 4) is 10.4 Å². The van der Waals surface area contributed by atoms with Gasteiger partial charge < -0.3 is 4.90 Å². The minimum absolute atomic E-state index is 0.455. The lowest BCUT2D eigenvalue weighted by Gasteiger charge is -2.26. The molecule has 0 radical (unpaired) electrons. The van der Waals surface area contributed by atoms with Gasteiger partial charge in [-0.1, -0.05) is 35.1 Å². The average molecular weight is 392 g/mol. The highest BCUT2D eigenvalue weighted by atomic mass is 35.5. The van der Waals surface area contributed by atoms with E-state index in [9.17, 15) is 4.79 Å². The van der Waals surface area contributed by atoms with Crippen molar-refractivity contribution in [1.29, 1.82) is 0 Å². The van der Waals surface area contributed by atoms with Gasteiger partial charge in [0.25, 0.3) is 5.91 Å². The van der Waals surface area contributed by atoms with Gasteiger partial charge in [0.15, 0.2) is 5.13 Å². The standard InChI is InChI=1S/C17H14ClN3O2S2/c18-12-3-1-2-10(6-12)15-8-19-17(25-15)21-5-4-13-11(9-21)7-14(24-13)16(22)20-23/h1-3,6-8,23H,4-5,9H2,(H,20,22). The summed E-state index contributed by atoms with van der Waals surface area (Å²) < 4.78 is 0. The number of benzene rings is 1. The predicted octanol–water partition coefficient (Wildman–Crippen LogP) is 4.21. The van der Waals surface area contributed by atoms with E-state index in [0.717, 1.165) is 34.1 Å². The zero-order chi connectivity index (χ0) is 17.4. The van der Waals surface area contributed by atoms with Gasteiger partial charge in [-0.05, 0) is 35.7 Å². The SMILES string of the molecule is O=C(NO)c1cc2c(s1)CCN(c1ncc(-c3cccc(Cl)c3)s1)C2. The van der Waals surface area contributed by atoms with Crippen molar-refractivity contribution in [3.63, 3.8) is 0 Å². The van der Waals surface area contributed by atoms with Crippen LogP contribution in [0.2, 0.25) is 5.02 Å². The number of hydroxylamine groups is 1. The number of hydrogen-bond donors (Lipinski definition) is 2. The number of fused-ring (bicyclic) bond motifs is 1. The van der Waals surface area contributed by atoms with E-state index in [2.05, 4.69) is 9.88 Å². The zero-order valence-corrected chi connectivity index (χ0v) is 15.4. The molecule has 0 saturated heterocycles. The van der Waals surface area contributed by atoms with E-state index in [1.807, 2.05) is 36.5 Å². The molecule has 1 aliphatic rings. The summed E-state index contributed by atoms with van der Waals surface area (Å²) in [5.74, 6) is -0.455. The van der Waals surface area contributed by atoms with E-state index in [1.54, 1.807) is 16.8 Å². The Morgan fingerprint density at radius 1 is 1.32 bits per heavy atom. The third-order valence-corrected chi connectivity index (χ3v) is 6.64. The van der Waals surface area contributed by atoms with Crippen LogP contribution < -0.4 is 10.4 Å². The monoisotopic (exact) mass is 391 g/mol. The zero-order valence-electron chi connectivity index (χ0n) is 13.0. The molecule has 0 bridgehead atoms. The molecule has 0 spiro atoms. The number of nitrogens with one attached hydrogen (secondary N) is 1. The molecule has 2 aromatic heterocycles. The number of hydrogen-bond acceptors (Lipinski definition) is 6. The quantitative estimate of drug-likeness (QED) is 0.518. The number of carbonyl (C=O) groups is 1. The van der Waals surface area contributed by atoms with E-state index in [0.29, 0.717) is 16.4 Å². The van der Waals surface area contributed by atoms with E-state index >= 15 is 0 Å². The molecule has 1 aromatic carbocycles. The summed E-state index contributed by atoms with van der Waals surface area (Å²) in [6.45, 7) is 1.57. The molecule has 0 atom stereocenters. The number of thiazole rings is 1. The second-order valence-corrected chi connectivity index (χ2v) is 8.27. The highest BCUT2D eigenvalue weighted by Gasteiger charge is 2.23. The van der Waals surface area contributed by atoms with Gasteiger partial charge >= 0.3 is 0 Å². The van der Waals surface area contributed by atoms with Crippen LogP contribution >= 0.6 is 34.3 Å². The van der Waals surface area contributed by atoms with Gasteiger partial charge in [0.2, 0.25) is 0 Å². The Morgan fingerprint density at radius 3 is 3.00 bits per heavy atom. The molecule has 2 N–H and O–H groups in total. The van der Waals surface area contributed by atoms with Crippen LogP contribution in [0.15, 0.2) is 36.5 Å². The maximum absolute atomic E-state index is 11.6. The molecule has 0 fully saturated rings. The number of aromatic nitrogens is 1. The maximum atomic E-state index is 11.6. The van der Waals surface area contributed by atoms with Crippen molar-refractivity contribution in [2.24, 2.45) is 0 Å². The maximum Gasteiger partial charge on any atom is 0.284 e. The van der Waals surface area contributed by atoms with Gasteiger partial charge in [-0.2, -0.15) is 0 Å². The second kappa shape index (κ2) is 6.76. The first-order chi connectivity index (χ1) is 12.1. The largest absolute Gasteiger partial charge is 0.343 e. The Morgan fingerprint density at radius 2 is 2.20 bits per heavy atom. The lowest BCUT2D eigenvalue weighted by atomic mass is 10.1. The van der Waals surface area contributed by atoms with Crippen molar-refractivity contribution in [3.05, 3.63) is 56.9 Å². The topological polar surface area (TPSA) is 65.5 Å². The van der Waals surface area contributed by atoms with Crippen LogP contribution in [-0.4, -0.2) is 22.6 Å². The lowest BCUT2D eigenvalue weighted by molar-refractivity contribution is 0.0711. The van der Waals surface area contributed by atoms with Crippen molar-refractivity contribution in [2.75, 3.05) is 11.4 Å². The molecular formula is C17H14ClN3O2S2. The first-order valence-electron chi connectivity index (χ1n) is 7.67. The highest BCUT2D eigenvalue weighted by molar-refractivity contribution is 7.19. The van der Waals surface area contributed by atoms with Gasteiger partial charge in [-0.15, -0.1) is 11.3 Å². The first-order valence-corrected chi connectivity index (χ1v) is 9.68. The number of carbonyl (C=O) groups excluding carboxylic acids is 1. The van der Waals surface area contributed by atoms with Gasteiger partial charge in [0.05, 0.1) is 9.75 Å². The van der Waals surface area contributed by atoms with Crippen LogP contribution in [0.1, 0.15) is 20.1 Å². The number of thiophene rings is 1. The molecule has 0 unspecified atom stereocenters. The summed E-state index contributed by atoms with van der Waals surface area (Å²) in [5, 5.41) is 10.5.